The second-order valence-electron chi connectivity index (χ2n) is 6.97. The Balaban J connectivity index is 1.52. The molecule has 8 heteroatoms. The summed E-state index contributed by atoms with van der Waals surface area (Å²) in [6.45, 7) is 6.47. The highest BCUT2D eigenvalue weighted by Crippen LogP contribution is 2.15. The maximum Gasteiger partial charge on any atom is 0.191 e. The zero-order chi connectivity index (χ0) is 21.4. The molecule has 1 aromatic heterocycles. The zero-order valence-electron chi connectivity index (χ0n) is 17.5. The van der Waals surface area contributed by atoms with Crippen LogP contribution < -0.4 is 10.6 Å². The van der Waals surface area contributed by atoms with Crippen LogP contribution in [0.2, 0.25) is 0 Å². The van der Waals surface area contributed by atoms with Gasteiger partial charge < -0.3 is 15.2 Å². The van der Waals surface area contributed by atoms with Crippen molar-refractivity contribution in [2.24, 2.45) is 4.99 Å². The van der Waals surface area contributed by atoms with Crippen molar-refractivity contribution in [2.75, 3.05) is 25.4 Å². The third-order valence-corrected chi connectivity index (χ3v) is 6.50. The summed E-state index contributed by atoms with van der Waals surface area (Å²) in [4.78, 5) is 9.52. The van der Waals surface area contributed by atoms with Crippen LogP contribution in [-0.2, 0) is 16.4 Å². The Kier molecular flexibility index (Phi) is 7.46. The van der Waals surface area contributed by atoms with Crippen LogP contribution in [0.5, 0.6) is 0 Å². The van der Waals surface area contributed by atoms with E-state index in [9.17, 15) is 8.42 Å². The van der Waals surface area contributed by atoms with Crippen molar-refractivity contribution in [2.45, 2.75) is 31.7 Å². The van der Waals surface area contributed by atoms with E-state index in [-0.39, 0.29) is 5.75 Å². The van der Waals surface area contributed by atoms with Crippen LogP contribution in [-0.4, -0.2) is 49.3 Å². The van der Waals surface area contributed by atoms with Crippen molar-refractivity contribution in [3.05, 3.63) is 60.4 Å². The summed E-state index contributed by atoms with van der Waals surface area (Å²) in [5, 5.41) is 6.29. The third kappa shape index (κ3) is 5.60. The smallest absolute Gasteiger partial charge is 0.191 e. The number of sulfone groups is 1. The van der Waals surface area contributed by atoms with E-state index in [0.717, 1.165) is 29.8 Å². The summed E-state index contributed by atoms with van der Waals surface area (Å²) in [6, 6.07) is 16.6. The molecule has 2 N–H and O–H groups in total. The fourth-order valence-corrected chi connectivity index (χ4v) is 4.47. The standard InChI is InChI=1S/C22H29N5O2S/c1-3-23-22(25-15-17-30(28,29)19-10-5-4-6-11-19)24-14-9-16-27-18(2)26-20-12-7-8-13-21(20)27/h4-8,10-13H,3,9,14-17H2,1-2H3,(H2,23,24,25). The van der Waals surface area contributed by atoms with Gasteiger partial charge in [-0.05, 0) is 44.5 Å². The quantitative estimate of drug-likeness (QED) is 0.311. The average Bonchev–Trinajstić information content (AvgIpc) is 3.06. The van der Waals surface area contributed by atoms with Crippen molar-refractivity contribution in [3.8, 4) is 0 Å². The summed E-state index contributed by atoms with van der Waals surface area (Å²) >= 11 is 0. The molecule has 0 aliphatic rings. The number of guanidine groups is 1. The van der Waals surface area contributed by atoms with Gasteiger partial charge in [-0.25, -0.2) is 13.4 Å². The minimum atomic E-state index is -3.31. The molecule has 160 valence electrons. The maximum absolute atomic E-state index is 12.4. The first kappa shape index (κ1) is 21.8. The lowest BCUT2D eigenvalue weighted by molar-refractivity contribution is 0.594. The average molecular weight is 428 g/mol. The fourth-order valence-electron chi connectivity index (χ4n) is 3.29. The van der Waals surface area contributed by atoms with Crippen LogP contribution in [0.15, 0.2) is 64.5 Å². The van der Waals surface area contributed by atoms with Crippen LogP contribution in [0, 0.1) is 6.92 Å². The summed E-state index contributed by atoms with van der Waals surface area (Å²) < 4.78 is 27.0. The number of hydrogen-bond acceptors (Lipinski definition) is 4. The Bertz CT molecular complexity index is 1090. The van der Waals surface area contributed by atoms with Crippen LogP contribution >= 0.6 is 0 Å². The Morgan fingerprint density at radius 2 is 1.80 bits per heavy atom. The summed E-state index contributed by atoms with van der Waals surface area (Å²) in [5.41, 5.74) is 2.14. The number of nitrogens with one attached hydrogen (secondary N) is 2. The van der Waals surface area contributed by atoms with Gasteiger partial charge in [0.1, 0.15) is 5.82 Å². The molecule has 0 aliphatic carbocycles. The molecule has 1 heterocycles. The molecule has 0 amide bonds. The highest BCUT2D eigenvalue weighted by atomic mass is 32.2. The molecule has 0 spiro atoms. The first-order valence-electron chi connectivity index (χ1n) is 10.2. The van der Waals surface area contributed by atoms with Gasteiger partial charge in [-0.3, -0.25) is 4.99 Å². The number of imidazole rings is 1. The number of aromatic nitrogens is 2. The van der Waals surface area contributed by atoms with Gasteiger partial charge in [0.25, 0.3) is 0 Å². The molecule has 0 bridgehead atoms. The molecular formula is C22H29N5O2S. The summed E-state index contributed by atoms with van der Waals surface area (Å²) in [7, 11) is -3.31. The predicted molar refractivity (Wildman–Crippen MR) is 122 cm³/mol. The van der Waals surface area contributed by atoms with E-state index in [4.69, 9.17) is 0 Å². The normalized spacial score (nSPS) is 12.3. The van der Waals surface area contributed by atoms with Crippen LogP contribution in [0.1, 0.15) is 19.2 Å². The number of aryl methyl sites for hydroxylation is 2. The lowest BCUT2D eigenvalue weighted by atomic mass is 10.3. The van der Waals surface area contributed by atoms with Gasteiger partial charge in [0, 0.05) is 26.2 Å². The number of para-hydroxylation sites is 2. The van der Waals surface area contributed by atoms with Crippen molar-refractivity contribution in [3.63, 3.8) is 0 Å². The fraction of sp³-hybridized carbons (Fsp3) is 0.364. The first-order chi connectivity index (χ1) is 14.5. The molecule has 3 aromatic rings. The Morgan fingerprint density at radius 3 is 2.57 bits per heavy atom. The molecule has 7 nitrogen and oxygen atoms in total. The molecule has 0 fully saturated rings. The second-order valence-corrected chi connectivity index (χ2v) is 9.08. The van der Waals surface area contributed by atoms with E-state index in [1.54, 1.807) is 30.3 Å². The van der Waals surface area contributed by atoms with Gasteiger partial charge in [-0.1, -0.05) is 30.3 Å². The number of hydrogen-bond donors (Lipinski definition) is 2. The topological polar surface area (TPSA) is 88.4 Å². The van der Waals surface area contributed by atoms with E-state index in [1.165, 1.54) is 0 Å². The monoisotopic (exact) mass is 427 g/mol. The lowest BCUT2D eigenvalue weighted by Crippen LogP contribution is -2.39. The minimum Gasteiger partial charge on any atom is -0.357 e. The van der Waals surface area contributed by atoms with Crippen LogP contribution in [0.3, 0.4) is 0 Å². The number of nitrogens with zero attached hydrogens (tertiary/aromatic N) is 3. The second kappa shape index (κ2) is 10.2. The van der Waals surface area contributed by atoms with E-state index in [2.05, 4.69) is 31.2 Å². The summed E-state index contributed by atoms with van der Waals surface area (Å²) in [5.74, 6) is 1.64. The number of fused-ring (bicyclic) bond motifs is 1. The molecule has 0 saturated heterocycles. The van der Waals surface area contributed by atoms with E-state index >= 15 is 0 Å². The molecule has 30 heavy (non-hydrogen) atoms. The van der Waals surface area contributed by atoms with E-state index < -0.39 is 9.84 Å². The molecule has 0 saturated carbocycles. The van der Waals surface area contributed by atoms with E-state index in [1.807, 2.05) is 32.0 Å². The highest BCUT2D eigenvalue weighted by molar-refractivity contribution is 7.91. The first-order valence-corrected chi connectivity index (χ1v) is 11.9. The summed E-state index contributed by atoms with van der Waals surface area (Å²) in [6.07, 6.45) is 0.861. The lowest BCUT2D eigenvalue weighted by Gasteiger charge is -2.12. The third-order valence-electron chi connectivity index (χ3n) is 4.76. The molecular weight excluding hydrogens is 398 g/mol. The van der Waals surface area contributed by atoms with E-state index in [0.29, 0.717) is 30.5 Å². The predicted octanol–water partition coefficient (Wildman–Crippen LogP) is 2.76. The molecule has 3 rings (SSSR count). The largest absolute Gasteiger partial charge is 0.357 e. The van der Waals surface area contributed by atoms with Gasteiger partial charge in [0.05, 0.1) is 21.7 Å². The maximum atomic E-state index is 12.4. The number of aliphatic imine (C=N–C) groups is 1. The van der Waals surface area contributed by atoms with Gasteiger partial charge in [0.2, 0.25) is 0 Å². The van der Waals surface area contributed by atoms with Gasteiger partial charge in [-0.15, -0.1) is 0 Å². The van der Waals surface area contributed by atoms with Crippen molar-refractivity contribution in [1.29, 1.82) is 0 Å². The molecule has 0 atom stereocenters. The Morgan fingerprint density at radius 1 is 1.07 bits per heavy atom. The van der Waals surface area contributed by atoms with Crippen molar-refractivity contribution in [1.82, 2.24) is 20.2 Å². The molecule has 0 aliphatic heterocycles. The molecule has 0 unspecified atom stereocenters. The van der Waals surface area contributed by atoms with Gasteiger partial charge in [-0.2, -0.15) is 0 Å². The van der Waals surface area contributed by atoms with Crippen molar-refractivity contribution < 1.29 is 8.42 Å². The van der Waals surface area contributed by atoms with Crippen LogP contribution in [0.4, 0.5) is 0 Å². The van der Waals surface area contributed by atoms with Gasteiger partial charge >= 0.3 is 0 Å². The molecule has 2 aromatic carbocycles. The number of benzene rings is 2. The van der Waals surface area contributed by atoms with Gasteiger partial charge in [0.15, 0.2) is 15.8 Å². The Hall–Kier alpha value is -2.87. The molecule has 0 radical (unpaired) electrons. The minimum absolute atomic E-state index is 0.0155. The number of rotatable bonds is 9. The SMILES string of the molecule is CCNC(=NCCCn1c(C)nc2ccccc21)NCCS(=O)(=O)c1ccccc1. The highest BCUT2D eigenvalue weighted by Gasteiger charge is 2.13. The van der Waals surface area contributed by atoms with Crippen LogP contribution in [0.25, 0.3) is 11.0 Å². The van der Waals surface area contributed by atoms with Crippen molar-refractivity contribution >= 4 is 26.8 Å². The zero-order valence-corrected chi connectivity index (χ0v) is 18.3. The Labute approximate surface area is 178 Å².